The lowest BCUT2D eigenvalue weighted by Gasteiger charge is -2.46. The summed E-state index contributed by atoms with van der Waals surface area (Å²) >= 11 is 0. The van der Waals surface area contributed by atoms with Crippen molar-refractivity contribution in [3.8, 4) is 0 Å². The quantitative estimate of drug-likeness (QED) is 0.792. The third-order valence-electron chi connectivity index (χ3n) is 5.25. The fourth-order valence-electron chi connectivity index (χ4n) is 3.78. The molecule has 0 saturated carbocycles. The maximum absolute atomic E-state index is 6.15. The molecule has 0 aliphatic carbocycles. The van der Waals surface area contributed by atoms with Crippen LogP contribution in [0.4, 0.5) is 0 Å². The summed E-state index contributed by atoms with van der Waals surface area (Å²) in [5, 5.41) is 0. The minimum absolute atomic E-state index is 0.191. The molecule has 2 heterocycles. The molecule has 0 spiro atoms. The van der Waals surface area contributed by atoms with Crippen LogP contribution in [0.1, 0.15) is 26.2 Å². The minimum Gasteiger partial charge on any atom is -0.329 e. The largest absolute Gasteiger partial charge is 0.329 e. The van der Waals surface area contributed by atoms with E-state index in [-0.39, 0.29) is 5.54 Å². The van der Waals surface area contributed by atoms with Crippen LogP contribution in [0.2, 0.25) is 0 Å². The van der Waals surface area contributed by atoms with E-state index in [9.17, 15) is 0 Å². The Hall–Kier alpha value is -0.160. The lowest BCUT2D eigenvalue weighted by Crippen LogP contribution is -2.60. The Labute approximate surface area is 112 Å². The molecule has 0 aromatic carbocycles. The lowest BCUT2D eigenvalue weighted by atomic mass is 9.91. The second-order valence-corrected chi connectivity index (χ2v) is 6.57. The molecule has 2 aliphatic heterocycles. The van der Waals surface area contributed by atoms with Crippen LogP contribution in [-0.4, -0.2) is 79.6 Å². The van der Waals surface area contributed by atoms with Crippen molar-refractivity contribution in [2.75, 3.05) is 47.3 Å². The number of likely N-dealkylation sites (N-methyl/N-ethyl adjacent to an activating group) is 3. The molecule has 4 nitrogen and oxygen atoms in total. The first kappa shape index (κ1) is 14.3. The van der Waals surface area contributed by atoms with Gasteiger partial charge in [0.2, 0.25) is 0 Å². The molecule has 0 amide bonds. The standard InChI is InChI=1S/C14H30N4/c1-12-8-14(10-15,11-17(12)3)18(4)13-6-5-7-16(2)9-13/h12-13H,5-11,15H2,1-4H3. The van der Waals surface area contributed by atoms with E-state index < -0.39 is 0 Å². The fourth-order valence-corrected chi connectivity index (χ4v) is 3.78. The topological polar surface area (TPSA) is 35.7 Å². The van der Waals surface area contributed by atoms with E-state index in [1.165, 1.54) is 32.4 Å². The lowest BCUT2D eigenvalue weighted by molar-refractivity contribution is 0.0440. The number of rotatable bonds is 3. The van der Waals surface area contributed by atoms with Crippen LogP contribution >= 0.6 is 0 Å². The molecule has 18 heavy (non-hydrogen) atoms. The van der Waals surface area contributed by atoms with E-state index in [1.807, 2.05) is 0 Å². The molecule has 0 aromatic heterocycles. The molecular formula is C14H30N4. The summed E-state index contributed by atoms with van der Waals surface area (Å²) in [4.78, 5) is 7.51. The van der Waals surface area contributed by atoms with Gasteiger partial charge in [-0.2, -0.15) is 0 Å². The van der Waals surface area contributed by atoms with Crippen LogP contribution in [0.5, 0.6) is 0 Å². The zero-order valence-corrected chi connectivity index (χ0v) is 12.5. The van der Waals surface area contributed by atoms with E-state index in [2.05, 4.69) is 42.8 Å². The minimum atomic E-state index is 0.191. The molecule has 106 valence electrons. The molecule has 2 rings (SSSR count). The van der Waals surface area contributed by atoms with Crippen molar-refractivity contribution in [1.29, 1.82) is 0 Å². The highest BCUT2D eigenvalue weighted by molar-refractivity contribution is 5.03. The van der Waals surface area contributed by atoms with Crippen molar-refractivity contribution < 1.29 is 0 Å². The Morgan fingerprint density at radius 1 is 1.39 bits per heavy atom. The van der Waals surface area contributed by atoms with Gasteiger partial charge in [0.25, 0.3) is 0 Å². The van der Waals surface area contributed by atoms with Crippen LogP contribution < -0.4 is 5.73 Å². The van der Waals surface area contributed by atoms with Crippen LogP contribution in [0.25, 0.3) is 0 Å². The first-order valence-electron chi connectivity index (χ1n) is 7.30. The highest BCUT2D eigenvalue weighted by atomic mass is 15.3. The van der Waals surface area contributed by atoms with Crippen LogP contribution in [-0.2, 0) is 0 Å². The van der Waals surface area contributed by atoms with Gasteiger partial charge in [0.05, 0.1) is 0 Å². The maximum Gasteiger partial charge on any atom is 0.0473 e. The summed E-state index contributed by atoms with van der Waals surface area (Å²) in [6, 6.07) is 1.32. The Morgan fingerprint density at radius 2 is 2.11 bits per heavy atom. The molecule has 2 aliphatic rings. The molecule has 2 fully saturated rings. The number of nitrogens with zero attached hydrogens (tertiary/aromatic N) is 3. The Balaban J connectivity index is 2.08. The zero-order chi connectivity index (χ0) is 13.3. The summed E-state index contributed by atoms with van der Waals surface area (Å²) in [6.45, 7) is 6.64. The van der Waals surface area contributed by atoms with E-state index in [1.54, 1.807) is 0 Å². The average Bonchev–Trinajstić information content (AvgIpc) is 2.65. The average molecular weight is 254 g/mol. The number of hydrogen-bond acceptors (Lipinski definition) is 4. The van der Waals surface area contributed by atoms with Crippen LogP contribution in [0.3, 0.4) is 0 Å². The fraction of sp³-hybridized carbons (Fsp3) is 1.00. The van der Waals surface area contributed by atoms with Crippen molar-refractivity contribution in [1.82, 2.24) is 14.7 Å². The predicted molar refractivity (Wildman–Crippen MR) is 76.8 cm³/mol. The van der Waals surface area contributed by atoms with Gasteiger partial charge in [0.1, 0.15) is 0 Å². The number of likely N-dealkylation sites (tertiary alicyclic amines) is 2. The maximum atomic E-state index is 6.15. The summed E-state index contributed by atoms with van der Waals surface area (Å²) in [5.41, 5.74) is 6.35. The SMILES string of the molecule is CC1CC(CN)(N(C)C2CCCN(C)C2)CN1C. The molecule has 2 saturated heterocycles. The monoisotopic (exact) mass is 254 g/mol. The highest BCUT2D eigenvalue weighted by Crippen LogP contribution is 2.32. The van der Waals surface area contributed by atoms with Gasteiger partial charge in [-0.25, -0.2) is 0 Å². The van der Waals surface area contributed by atoms with E-state index >= 15 is 0 Å². The molecule has 4 heteroatoms. The van der Waals surface area contributed by atoms with E-state index in [0.29, 0.717) is 12.1 Å². The number of hydrogen-bond donors (Lipinski definition) is 1. The van der Waals surface area contributed by atoms with E-state index in [4.69, 9.17) is 5.73 Å². The van der Waals surface area contributed by atoms with Crippen molar-refractivity contribution in [2.24, 2.45) is 5.73 Å². The smallest absolute Gasteiger partial charge is 0.0473 e. The Kier molecular flexibility index (Phi) is 4.32. The third-order valence-corrected chi connectivity index (χ3v) is 5.25. The van der Waals surface area contributed by atoms with Crippen LogP contribution in [0, 0.1) is 0 Å². The normalized spacial score (nSPS) is 39.7. The first-order chi connectivity index (χ1) is 8.48. The van der Waals surface area contributed by atoms with Gasteiger partial charge in [-0.05, 0) is 53.9 Å². The third kappa shape index (κ3) is 2.57. The second-order valence-electron chi connectivity index (χ2n) is 6.57. The molecule has 0 radical (unpaired) electrons. The summed E-state index contributed by atoms with van der Waals surface area (Å²) in [5.74, 6) is 0. The molecular weight excluding hydrogens is 224 g/mol. The van der Waals surface area contributed by atoms with Gasteiger partial charge >= 0.3 is 0 Å². The van der Waals surface area contributed by atoms with Gasteiger partial charge in [-0.3, -0.25) is 4.90 Å². The van der Waals surface area contributed by atoms with Crippen molar-refractivity contribution >= 4 is 0 Å². The van der Waals surface area contributed by atoms with Crippen molar-refractivity contribution in [3.63, 3.8) is 0 Å². The van der Waals surface area contributed by atoms with Crippen molar-refractivity contribution in [3.05, 3.63) is 0 Å². The number of nitrogens with two attached hydrogens (primary N) is 1. The van der Waals surface area contributed by atoms with E-state index in [0.717, 1.165) is 13.1 Å². The molecule has 2 N–H and O–H groups in total. The summed E-state index contributed by atoms with van der Waals surface area (Å²) in [7, 11) is 6.75. The molecule has 3 atom stereocenters. The van der Waals surface area contributed by atoms with Gasteiger partial charge in [-0.1, -0.05) is 0 Å². The molecule has 0 bridgehead atoms. The Bertz CT molecular complexity index is 271. The van der Waals surface area contributed by atoms with Gasteiger partial charge in [0.15, 0.2) is 0 Å². The van der Waals surface area contributed by atoms with Gasteiger partial charge in [-0.15, -0.1) is 0 Å². The van der Waals surface area contributed by atoms with Gasteiger partial charge in [0, 0.05) is 37.3 Å². The molecule has 3 unspecified atom stereocenters. The first-order valence-corrected chi connectivity index (χ1v) is 7.30. The predicted octanol–water partition coefficient (Wildman–Crippen LogP) is 0.434. The zero-order valence-electron chi connectivity index (χ0n) is 12.5. The molecule has 0 aromatic rings. The second kappa shape index (κ2) is 5.45. The highest BCUT2D eigenvalue weighted by Gasteiger charge is 2.45. The van der Waals surface area contributed by atoms with Crippen molar-refractivity contribution in [2.45, 2.75) is 43.8 Å². The summed E-state index contributed by atoms with van der Waals surface area (Å²) in [6.07, 6.45) is 3.84. The number of piperidine rings is 1. The summed E-state index contributed by atoms with van der Waals surface area (Å²) < 4.78 is 0. The Morgan fingerprint density at radius 3 is 2.61 bits per heavy atom. The van der Waals surface area contributed by atoms with Crippen LogP contribution in [0.15, 0.2) is 0 Å². The van der Waals surface area contributed by atoms with Gasteiger partial charge < -0.3 is 15.5 Å².